The van der Waals surface area contributed by atoms with E-state index < -0.39 is 11.9 Å². The molecule has 0 spiro atoms. The number of rotatable bonds is 7. The monoisotopic (exact) mass is 328 g/mol. The Morgan fingerprint density at radius 1 is 0.842 bits per heavy atom. The van der Waals surface area contributed by atoms with Crippen LogP contribution in [0.15, 0.2) is 0 Å². The normalized spacial score (nSPS) is 8.00. The molecule has 0 unspecified atom stereocenters. The van der Waals surface area contributed by atoms with Gasteiger partial charge in [-0.3, -0.25) is 0 Å². The van der Waals surface area contributed by atoms with E-state index in [0.29, 0.717) is 13.1 Å². The summed E-state index contributed by atoms with van der Waals surface area (Å²) in [4.78, 5) is 17.8. The molecule has 0 aromatic rings. The van der Waals surface area contributed by atoms with Crippen LogP contribution in [0.4, 0.5) is 0 Å². The molecule has 0 saturated carbocycles. The van der Waals surface area contributed by atoms with Crippen LogP contribution in [0.1, 0.15) is 13.8 Å². The molecule has 0 bridgehead atoms. The smallest absolute Gasteiger partial charge is 0.550 e. The number of carbonyl (C=O) groups excluding carboxylic acids is 2. The molecule has 0 aliphatic carbocycles. The molecule has 0 saturated heterocycles. The van der Waals surface area contributed by atoms with Gasteiger partial charge in [-0.1, -0.05) is 0 Å². The van der Waals surface area contributed by atoms with Crippen LogP contribution in [0.5, 0.6) is 0 Å². The first-order valence-electron chi connectivity index (χ1n) is 5.55. The maximum atomic E-state index is 8.89. The zero-order valence-electron chi connectivity index (χ0n) is 11.7. The van der Waals surface area contributed by atoms with Crippen LogP contribution in [0.25, 0.3) is 0 Å². The standard InChI is InChI=1S/C6H18N4.2C2H4O2.Zn/c7-1-3-9-5-6-10-4-2-8;2*1-2(3)4;/h9-10H,1-8H2;2*1H3,(H,3,4);/q;;;+2/p-2. The van der Waals surface area contributed by atoms with Crippen LogP contribution in [-0.4, -0.2) is 51.2 Å². The minimum atomic E-state index is -1.08. The molecule has 0 radical (unpaired) electrons. The Hall–Kier alpha value is -0.597. The van der Waals surface area contributed by atoms with Crippen molar-refractivity contribution in [3.8, 4) is 0 Å². The van der Waals surface area contributed by atoms with Gasteiger partial charge >= 0.3 is 19.5 Å². The van der Waals surface area contributed by atoms with Gasteiger partial charge in [0.05, 0.1) is 0 Å². The van der Waals surface area contributed by atoms with E-state index in [9.17, 15) is 0 Å². The number of aliphatic carboxylic acids is 2. The largest absolute Gasteiger partial charge is 2.00 e. The fourth-order valence-electron chi connectivity index (χ4n) is 0.631. The summed E-state index contributed by atoms with van der Waals surface area (Å²) in [6.45, 7) is 7.08. The van der Waals surface area contributed by atoms with Gasteiger partial charge in [0, 0.05) is 51.2 Å². The molecular formula is C10H24N4O4Zn. The number of hydrogen-bond acceptors (Lipinski definition) is 8. The van der Waals surface area contributed by atoms with E-state index in [1.807, 2.05) is 0 Å². The van der Waals surface area contributed by atoms with E-state index in [1.54, 1.807) is 0 Å². The second-order valence-electron chi connectivity index (χ2n) is 3.06. The fraction of sp³-hybridized carbons (Fsp3) is 0.800. The zero-order valence-corrected chi connectivity index (χ0v) is 14.7. The van der Waals surface area contributed by atoms with Gasteiger partial charge in [0.2, 0.25) is 0 Å². The van der Waals surface area contributed by atoms with Gasteiger partial charge in [-0.05, 0) is 13.8 Å². The van der Waals surface area contributed by atoms with Crippen LogP contribution in [0.2, 0.25) is 0 Å². The third kappa shape index (κ3) is 101. The van der Waals surface area contributed by atoms with Gasteiger partial charge in [-0.2, -0.15) is 0 Å². The van der Waals surface area contributed by atoms with Crippen molar-refractivity contribution in [2.75, 3.05) is 39.3 Å². The number of hydrogen-bond donors (Lipinski definition) is 4. The third-order valence-corrected chi connectivity index (χ3v) is 1.12. The Labute approximate surface area is 127 Å². The Balaban J connectivity index is -0.000000105. The van der Waals surface area contributed by atoms with Crippen molar-refractivity contribution >= 4 is 11.9 Å². The van der Waals surface area contributed by atoms with Crippen molar-refractivity contribution in [3.05, 3.63) is 0 Å². The summed E-state index contributed by atoms with van der Waals surface area (Å²) in [5, 5.41) is 24.1. The molecule has 8 nitrogen and oxygen atoms in total. The van der Waals surface area contributed by atoms with Crippen LogP contribution >= 0.6 is 0 Å². The van der Waals surface area contributed by atoms with E-state index in [1.165, 1.54) is 0 Å². The topological polar surface area (TPSA) is 156 Å². The minimum Gasteiger partial charge on any atom is -0.550 e. The fourth-order valence-corrected chi connectivity index (χ4v) is 0.631. The number of carboxylic acid groups (broad SMARTS) is 2. The van der Waals surface area contributed by atoms with Gasteiger partial charge in [-0.15, -0.1) is 0 Å². The van der Waals surface area contributed by atoms with Gasteiger partial charge in [-0.25, -0.2) is 0 Å². The summed E-state index contributed by atoms with van der Waals surface area (Å²) >= 11 is 0. The molecule has 0 atom stereocenters. The summed E-state index contributed by atoms with van der Waals surface area (Å²) in [5.41, 5.74) is 10.5. The Bertz CT molecular complexity index is 168. The van der Waals surface area contributed by atoms with E-state index in [2.05, 4.69) is 10.6 Å². The summed E-state index contributed by atoms with van der Waals surface area (Å²) in [6.07, 6.45) is 0. The summed E-state index contributed by atoms with van der Waals surface area (Å²) in [7, 11) is 0. The number of carboxylic acids is 2. The molecule has 19 heavy (non-hydrogen) atoms. The predicted molar refractivity (Wildman–Crippen MR) is 65.2 cm³/mol. The Kier molecular flexibility index (Phi) is 36.9. The molecule has 0 aliphatic rings. The molecule has 0 aliphatic heterocycles. The van der Waals surface area contributed by atoms with Crippen molar-refractivity contribution in [2.24, 2.45) is 11.5 Å². The van der Waals surface area contributed by atoms with Crippen molar-refractivity contribution in [2.45, 2.75) is 13.8 Å². The molecule has 0 rings (SSSR count). The van der Waals surface area contributed by atoms with Gasteiger partial charge in [0.15, 0.2) is 0 Å². The second-order valence-corrected chi connectivity index (χ2v) is 3.06. The third-order valence-electron chi connectivity index (χ3n) is 1.12. The first kappa shape index (κ1) is 26.9. The number of nitrogens with one attached hydrogen (secondary N) is 2. The van der Waals surface area contributed by atoms with E-state index >= 15 is 0 Å². The number of carbonyl (C=O) groups is 2. The van der Waals surface area contributed by atoms with Crippen molar-refractivity contribution < 1.29 is 39.3 Å². The summed E-state index contributed by atoms with van der Waals surface area (Å²) in [6, 6.07) is 0. The molecular weight excluding hydrogens is 306 g/mol. The van der Waals surface area contributed by atoms with E-state index in [-0.39, 0.29) is 19.5 Å². The van der Waals surface area contributed by atoms with Crippen LogP contribution in [-0.2, 0) is 29.1 Å². The van der Waals surface area contributed by atoms with Gasteiger partial charge in [0.25, 0.3) is 0 Å². The second kappa shape index (κ2) is 26.1. The molecule has 6 N–H and O–H groups in total. The quantitative estimate of drug-likeness (QED) is 0.269. The number of nitrogens with two attached hydrogens (primary N) is 2. The van der Waals surface area contributed by atoms with Crippen LogP contribution < -0.4 is 32.3 Å². The minimum absolute atomic E-state index is 0. The zero-order chi connectivity index (χ0) is 14.8. The predicted octanol–water partition coefficient (Wildman–Crippen LogP) is -4.41. The summed E-state index contributed by atoms with van der Waals surface area (Å²) in [5.74, 6) is -2.17. The molecule has 110 valence electrons. The Morgan fingerprint density at radius 3 is 1.21 bits per heavy atom. The first-order chi connectivity index (χ1) is 8.38. The van der Waals surface area contributed by atoms with Gasteiger partial charge < -0.3 is 41.9 Å². The SMILES string of the molecule is CC(=O)[O-].CC(=O)[O-].NCCNCCNCCN.[Zn+2]. The molecule has 0 fully saturated rings. The van der Waals surface area contributed by atoms with Crippen LogP contribution in [0, 0.1) is 0 Å². The van der Waals surface area contributed by atoms with Crippen molar-refractivity contribution in [3.63, 3.8) is 0 Å². The molecule has 9 heteroatoms. The molecule has 0 amide bonds. The van der Waals surface area contributed by atoms with Crippen LogP contribution in [0.3, 0.4) is 0 Å². The molecule has 0 aromatic heterocycles. The summed E-state index contributed by atoms with van der Waals surface area (Å²) < 4.78 is 0. The Morgan fingerprint density at radius 2 is 1.05 bits per heavy atom. The average molecular weight is 330 g/mol. The maximum Gasteiger partial charge on any atom is 2.00 e. The molecule has 0 aromatic carbocycles. The van der Waals surface area contributed by atoms with E-state index in [0.717, 1.165) is 40.0 Å². The molecule has 0 heterocycles. The maximum absolute atomic E-state index is 8.89. The van der Waals surface area contributed by atoms with Crippen molar-refractivity contribution in [1.29, 1.82) is 0 Å². The first-order valence-corrected chi connectivity index (χ1v) is 5.55. The van der Waals surface area contributed by atoms with Crippen molar-refractivity contribution in [1.82, 2.24) is 10.6 Å². The van der Waals surface area contributed by atoms with Gasteiger partial charge in [0.1, 0.15) is 0 Å². The van der Waals surface area contributed by atoms with E-state index in [4.69, 9.17) is 31.3 Å². The average Bonchev–Trinajstić information content (AvgIpc) is 2.22.